The molecule has 1 amide bonds. The molecule has 1 aliphatic heterocycles. The molecule has 2 rings (SSSR count). The zero-order chi connectivity index (χ0) is 15.2. The van der Waals surface area contributed by atoms with Gasteiger partial charge >= 0.3 is 0 Å². The van der Waals surface area contributed by atoms with Crippen molar-refractivity contribution in [2.24, 2.45) is 5.92 Å². The van der Waals surface area contributed by atoms with Gasteiger partial charge in [-0.05, 0) is 18.1 Å². The molecule has 1 saturated heterocycles. The number of carbonyl (C=O) groups excluding carboxylic acids is 1. The molecule has 1 aromatic rings. The molecule has 0 radical (unpaired) electrons. The van der Waals surface area contributed by atoms with Crippen LogP contribution in [0.5, 0.6) is 0 Å². The third-order valence-electron chi connectivity index (χ3n) is 3.40. The monoisotopic (exact) mass is 293 g/mol. The Kier molecular flexibility index (Phi) is 5.52. The van der Waals surface area contributed by atoms with Crippen LogP contribution in [0.1, 0.15) is 24.2 Å². The molecule has 1 atom stereocenters. The van der Waals surface area contributed by atoms with E-state index in [1.165, 1.54) is 12.3 Å². The number of nitrogens with one attached hydrogen (secondary N) is 2. The Hall–Kier alpha value is -1.66. The van der Waals surface area contributed by atoms with Crippen molar-refractivity contribution in [2.45, 2.75) is 20.0 Å². The lowest BCUT2D eigenvalue weighted by atomic mass is 10.1. The molecule has 0 bridgehead atoms. The van der Waals surface area contributed by atoms with Crippen LogP contribution < -0.4 is 10.9 Å². The summed E-state index contributed by atoms with van der Waals surface area (Å²) in [6.07, 6.45) is 1.48. The van der Waals surface area contributed by atoms with Crippen molar-refractivity contribution in [3.63, 3.8) is 0 Å². The van der Waals surface area contributed by atoms with Crippen LogP contribution in [0.4, 0.5) is 0 Å². The minimum absolute atomic E-state index is 0.0238. The molecule has 1 aromatic heterocycles. The number of amides is 1. The average Bonchev–Trinajstić information content (AvgIpc) is 2.45. The summed E-state index contributed by atoms with van der Waals surface area (Å²) in [5.74, 6) is 0.252. The van der Waals surface area contributed by atoms with Gasteiger partial charge in [-0.1, -0.05) is 13.8 Å². The largest absolute Gasteiger partial charge is 0.374 e. The Morgan fingerprint density at radius 1 is 1.57 bits per heavy atom. The van der Waals surface area contributed by atoms with Crippen LogP contribution in [-0.2, 0) is 4.74 Å². The van der Waals surface area contributed by atoms with Crippen molar-refractivity contribution in [1.29, 1.82) is 0 Å². The van der Waals surface area contributed by atoms with Crippen molar-refractivity contribution in [2.75, 3.05) is 32.8 Å². The van der Waals surface area contributed by atoms with Crippen molar-refractivity contribution >= 4 is 5.91 Å². The van der Waals surface area contributed by atoms with E-state index in [0.717, 1.165) is 19.6 Å². The van der Waals surface area contributed by atoms with Crippen LogP contribution >= 0.6 is 0 Å². The Balaban J connectivity index is 1.84. The van der Waals surface area contributed by atoms with Gasteiger partial charge in [0, 0.05) is 32.4 Å². The molecule has 1 aliphatic rings. The molecule has 2 N–H and O–H groups in total. The first-order valence-electron chi connectivity index (χ1n) is 7.36. The van der Waals surface area contributed by atoms with Gasteiger partial charge in [-0.3, -0.25) is 14.5 Å². The van der Waals surface area contributed by atoms with E-state index < -0.39 is 0 Å². The summed E-state index contributed by atoms with van der Waals surface area (Å²) in [6, 6.07) is 3.15. The normalized spacial score (nSPS) is 19.7. The van der Waals surface area contributed by atoms with E-state index in [4.69, 9.17) is 4.74 Å². The number of hydrogen-bond donors (Lipinski definition) is 2. The van der Waals surface area contributed by atoms with Crippen molar-refractivity contribution in [3.05, 3.63) is 34.2 Å². The van der Waals surface area contributed by atoms with Crippen LogP contribution in [0, 0.1) is 5.92 Å². The second kappa shape index (κ2) is 7.38. The predicted octanol–water partition coefficient (Wildman–Crippen LogP) is 0.461. The van der Waals surface area contributed by atoms with Crippen LogP contribution in [0.15, 0.2) is 23.1 Å². The number of pyridine rings is 1. The first-order chi connectivity index (χ1) is 10.1. The summed E-state index contributed by atoms with van der Waals surface area (Å²) < 4.78 is 5.66. The first kappa shape index (κ1) is 15.7. The maximum absolute atomic E-state index is 12.0. The average molecular weight is 293 g/mol. The Bertz CT molecular complexity index is 527. The number of hydrogen-bond acceptors (Lipinski definition) is 4. The van der Waals surface area contributed by atoms with Gasteiger partial charge in [-0.25, -0.2) is 0 Å². The zero-order valence-electron chi connectivity index (χ0n) is 12.6. The smallest absolute Gasteiger partial charge is 0.260 e. The summed E-state index contributed by atoms with van der Waals surface area (Å²) >= 11 is 0. The van der Waals surface area contributed by atoms with Crippen molar-refractivity contribution in [1.82, 2.24) is 15.2 Å². The van der Waals surface area contributed by atoms with Gasteiger partial charge in [0.2, 0.25) is 0 Å². The fraction of sp³-hybridized carbons (Fsp3) is 0.600. The summed E-state index contributed by atoms with van der Waals surface area (Å²) in [5.41, 5.74) is -0.242. The zero-order valence-corrected chi connectivity index (χ0v) is 12.6. The van der Waals surface area contributed by atoms with Gasteiger partial charge in [-0.15, -0.1) is 0 Å². The topological polar surface area (TPSA) is 74.4 Å². The third kappa shape index (κ3) is 4.68. The minimum Gasteiger partial charge on any atom is -0.374 e. The fourth-order valence-corrected chi connectivity index (χ4v) is 2.49. The SMILES string of the molecule is CC(C)CN1CCO[C@H](CNC(=O)c2ccc[nH]c2=O)C1. The van der Waals surface area contributed by atoms with Crippen LogP contribution in [0.2, 0.25) is 0 Å². The highest BCUT2D eigenvalue weighted by Crippen LogP contribution is 2.07. The molecule has 0 aromatic carbocycles. The van der Waals surface area contributed by atoms with Crippen LogP contribution in [0.25, 0.3) is 0 Å². The fourth-order valence-electron chi connectivity index (χ4n) is 2.49. The Labute approximate surface area is 124 Å². The number of carbonyl (C=O) groups is 1. The van der Waals surface area contributed by atoms with Crippen molar-refractivity contribution in [3.8, 4) is 0 Å². The van der Waals surface area contributed by atoms with Crippen LogP contribution in [0.3, 0.4) is 0 Å². The number of aromatic nitrogens is 1. The highest BCUT2D eigenvalue weighted by Gasteiger charge is 2.21. The minimum atomic E-state index is -0.374. The van der Waals surface area contributed by atoms with E-state index in [0.29, 0.717) is 19.1 Å². The molecule has 0 saturated carbocycles. The van der Waals surface area contributed by atoms with E-state index in [-0.39, 0.29) is 23.1 Å². The molecule has 0 aliphatic carbocycles. The summed E-state index contributed by atoms with van der Waals surface area (Å²) in [4.78, 5) is 28.3. The summed E-state index contributed by atoms with van der Waals surface area (Å²) in [6.45, 7) is 8.25. The van der Waals surface area contributed by atoms with Gasteiger partial charge < -0.3 is 15.0 Å². The van der Waals surface area contributed by atoms with E-state index in [9.17, 15) is 9.59 Å². The maximum Gasteiger partial charge on any atom is 0.260 e. The quantitative estimate of drug-likeness (QED) is 0.827. The molecule has 2 heterocycles. The lowest BCUT2D eigenvalue weighted by Crippen LogP contribution is -2.48. The van der Waals surface area contributed by atoms with E-state index >= 15 is 0 Å². The van der Waals surface area contributed by atoms with Crippen molar-refractivity contribution < 1.29 is 9.53 Å². The number of aromatic amines is 1. The second-order valence-corrected chi connectivity index (χ2v) is 5.77. The molecule has 6 nitrogen and oxygen atoms in total. The number of ether oxygens (including phenoxy) is 1. The van der Waals surface area contributed by atoms with E-state index in [2.05, 4.69) is 29.0 Å². The number of nitrogens with zero attached hydrogens (tertiary/aromatic N) is 1. The molecule has 1 fully saturated rings. The van der Waals surface area contributed by atoms with E-state index in [1.54, 1.807) is 6.07 Å². The van der Waals surface area contributed by atoms with Crippen LogP contribution in [-0.4, -0.2) is 54.7 Å². The molecular formula is C15H23N3O3. The molecular weight excluding hydrogens is 270 g/mol. The Morgan fingerprint density at radius 2 is 2.38 bits per heavy atom. The number of H-pyrrole nitrogens is 1. The molecule has 0 spiro atoms. The van der Waals surface area contributed by atoms with Gasteiger partial charge in [0.05, 0.1) is 12.7 Å². The second-order valence-electron chi connectivity index (χ2n) is 5.77. The van der Waals surface area contributed by atoms with Gasteiger partial charge in [0.25, 0.3) is 11.5 Å². The lowest BCUT2D eigenvalue weighted by Gasteiger charge is -2.33. The molecule has 21 heavy (non-hydrogen) atoms. The van der Waals surface area contributed by atoms with Gasteiger partial charge in [0.1, 0.15) is 5.56 Å². The number of rotatable bonds is 5. The molecule has 0 unspecified atom stereocenters. The lowest BCUT2D eigenvalue weighted by molar-refractivity contribution is -0.0295. The third-order valence-corrected chi connectivity index (χ3v) is 3.40. The number of morpholine rings is 1. The molecule has 6 heteroatoms. The van der Waals surface area contributed by atoms with Gasteiger partial charge in [0.15, 0.2) is 0 Å². The van der Waals surface area contributed by atoms with Gasteiger partial charge in [-0.2, -0.15) is 0 Å². The molecule has 116 valence electrons. The first-order valence-corrected chi connectivity index (χ1v) is 7.36. The predicted molar refractivity (Wildman–Crippen MR) is 80.4 cm³/mol. The maximum atomic E-state index is 12.0. The summed E-state index contributed by atoms with van der Waals surface area (Å²) in [7, 11) is 0. The van der Waals surface area contributed by atoms with E-state index in [1.807, 2.05) is 0 Å². The highest BCUT2D eigenvalue weighted by molar-refractivity contribution is 5.93. The Morgan fingerprint density at radius 3 is 3.10 bits per heavy atom. The standard InChI is InChI=1S/C15H23N3O3/c1-11(2)9-18-6-7-21-12(10-18)8-17-15(20)13-4-3-5-16-14(13)19/h3-5,11-12H,6-10H2,1-2H3,(H,16,19)(H,17,20)/t12-/m1/s1. The summed E-state index contributed by atoms with van der Waals surface area (Å²) in [5, 5.41) is 2.77. The highest BCUT2D eigenvalue weighted by atomic mass is 16.5.